The Morgan fingerprint density at radius 2 is 0.406 bits per heavy atom. The van der Waals surface area contributed by atoms with E-state index in [9.17, 15) is 13.6 Å². The molecule has 0 amide bonds. The fraction of sp³-hybridized carbons (Fsp3) is 0.628. The van der Waals surface area contributed by atoms with Gasteiger partial charge in [-0.25, -0.2) is 0 Å². The molecule has 6 unspecified atom stereocenters. The minimum absolute atomic E-state index is 0.0515. The zero-order valence-corrected chi connectivity index (χ0v) is 93.9. The summed E-state index contributed by atoms with van der Waals surface area (Å²) in [6.07, 6.45) is 44.5. The molecule has 6 aromatic rings. The molecule has 0 aromatic heterocycles. The number of hydrogen-bond acceptors (Lipinski definition) is 3. The maximum absolute atomic E-state index is 9.31. The second-order valence-electron chi connectivity index (χ2n) is 49.4. The highest BCUT2D eigenvalue weighted by Crippen LogP contribution is 2.65. The van der Waals surface area contributed by atoms with Crippen LogP contribution in [0.3, 0.4) is 0 Å². The van der Waals surface area contributed by atoms with E-state index in [1.165, 1.54) is 117 Å². The van der Waals surface area contributed by atoms with Gasteiger partial charge < -0.3 is 13.6 Å². The summed E-state index contributed by atoms with van der Waals surface area (Å²) >= 11 is 0. The number of allylic oxidation sites excluding steroid dienone is 6. The predicted molar refractivity (Wildman–Crippen MR) is 589 cm³/mol. The lowest BCUT2D eigenvalue weighted by Crippen LogP contribution is -2.47. The molecule has 0 spiro atoms. The van der Waals surface area contributed by atoms with Crippen LogP contribution in [0, 0.1) is 0 Å². The standard InChI is InChI=1S/C129H195O3P/c1-40-55-58-82-127(103-79-73-94(118(22,23)46-7)88-109(103)124(34,35)52-13)100(97-76-70-91(115(16,17)43-4)85-106(97)121(28,29)49-10)64-61-67-112(127)130-133(131-113-68-62-65-101(98-77-71-92(116(18,19)44-5)86-107(98)122(30,31)50-11)128(113,83-59-56-41-2)104-80-74-95(119(24,25)47-8)89-110(104)125(36,37)53-14)132-114-69-63-66-102(99-78-72-93(117(20,21)45-6)87-108(99)123(32,33)51-12)129(114,84-60-57-42-3)105-81-75-96(120(26,27)48-9)90-111(105)126(38,39)54-15/h61-81,85-90,112-114H,40-60,82-84H2,1-39H3. The average molecular weight is 1820 g/mol. The van der Waals surface area contributed by atoms with Crippen molar-refractivity contribution >= 4 is 25.3 Å². The molecule has 6 atom stereocenters. The zero-order chi connectivity index (χ0) is 99.1. The summed E-state index contributed by atoms with van der Waals surface area (Å²) in [7, 11) is -2.51. The van der Waals surface area contributed by atoms with E-state index in [2.05, 4.69) is 434 Å². The molecule has 0 saturated carbocycles. The summed E-state index contributed by atoms with van der Waals surface area (Å²) in [5.74, 6) is 0. The maximum atomic E-state index is 9.31. The van der Waals surface area contributed by atoms with Gasteiger partial charge in [-0.15, -0.1) is 0 Å². The van der Waals surface area contributed by atoms with Gasteiger partial charge in [-0.1, -0.05) is 492 Å². The zero-order valence-electron chi connectivity index (χ0n) is 93.0. The highest BCUT2D eigenvalue weighted by Gasteiger charge is 2.57. The van der Waals surface area contributed by atoms with Gasteiger partial charge in [0.1, 0.15) is 0 Å². The van der Waals surface area contributed by atoms with E-state index in [0.29, 0.717) is 0 Å². The lowest BCUT2D eigenvalue weighted by Gasteiger charge is -2.51. The number of rotatable bonds is 48. The van der Waals surface area contributed by atoms with Gasteiger partial charge in [-0.05, 0) is 278 Å². The van der Waals surface area contributed by atoms with Crippen molar-refractivity contribution in [2.45, 2.75) is 524 Å². The topological polar surface area (TPSA) is 27.7 Å². The normalized spacial score (nSPS) is 20.2. The van der Waals surface area contributed by atoms with Crippen LogP contribution in [0.2, 0.25) is 0 Å². The summed E-state index contributed by atoms with van der Waals surface area (Å²) in [4.78, 5) is 0. The lowest BCUT2D eigenvalue weighted by molar-refractivity contribution is 0.0496. The van der Waals surface area contributed by atoms with Crippen LogP contribution >= 0.6 is 8.60 Å². The summed E-state index contributed by atoms with van der Waals surface area (Å²) in [5, 5.41) is 0. The molecule has 3 aliphatic rings. The molecule has 0 fully saturated rings. The number of benzene rings is 6. The van der Waals surface area contributed by atoms with E-state index < -0.39 is 43.2 Å². The minimum Gasteiger partial charge on any atom is -0.303 e. The Balaban J connectivity index is 1.60. The molecule has 0 saturated heterocycles. The van der Waals surface area contributed by atoms with Crippen LogP contribution < -0.4 is 0 Å². The van der Waals surface area contributed by atoms with E-state index >= 15 is 0 Å². The Morgan fingerprint density at radius 3 is 0.594 bits per heavy atom. The Bertz CT molecular complexity index is 4600. The van der Waals surface area contributed by atoms with Crippen LogP contribution in [0.25, 0.3) is 16.7 Å². The van der Waals surface area contributed by atoms with Gasteiger partial charge in [0, 0.05) is 0 Å². The van der Waals surface area contributed by atoms with Crippen molar-refractivity contribution in [3.8, 4) is 0 Å². The van der Waals surface area contributed by atoms with Gasteiger partial charge in [0.15, 0.2) is 0 Å². The molecule has 0 radical (unpaired) electrons. The number of hydrogen-bond donors (Lipinski definition) is 0. The SMILES string of the molecule is CCCCCC1(c2ccc(C(C)(C)CC)cc2C(C)(C)CC)C(c2ccc(C(C)(C)CC)cc2C(C)(C)CC)=CC=CC1OP(OC1C=CC=C(c2ccc(C(C)(C)CC)cc2C(C)(C)CC)C1(CCCCC)c1ccc(C(C)(C)CC)cc1C(C)(C)CC)OC1C=CC=C(c2ccc(C(C)(C)CC)cc2C(C)(C)CC)C1(CCCCC)c1ccc(C(C)(C)CC)cc1C(C)(C)CC. The Kier molecular flexibility index (Phi) is 36.2. The lowest BCUT2D eigenvalue weighted by atomic mass is 9.58. The van der Waals surface area contributed by atoms with Crippen molar-refractivity contribution in [1.29, 1.82) is 0 Å². The molecule has 3 nitrogen and oxygen atoms in total. The van der Waals surface area contributed by atoms with E-state index in [-0.39, 0.29) is 65.0 Å². The molecule has 0 bridgehead atoms. The molecule has 133 heavy (non-hydrogen) atoms. The molecule has 4 heteroatoms. The molecule has 9 rings (SSSR count). The van der Waals surface area contributed by atoms with Crippen LogP contribution in [-0.2, 0) is 94.8 Å². The van der Waals surface area contributed by atoms with Crippen molar-refractivity contribution in [1.82, 2.24) is 0 Å². The van der Waals surface area contributed by atoms with E-state index in [0.717, 1.165) is 154 Å². The van der Waals surface area contributed by atoms with E-state index in [1.807, 2.05) is 0 Å². The van der Waals surface area contributed by atoms with Gasteiger partial charge in [-0.2, -0.15) is 0 Å². The number of unbranched alkanes of at least 4 members (excludes halogenated alkanes) is 6. The fourth-order valence-electron chi connectivity index (χ4n) is 21.4. The quantitative estimate of drug-likeness (QED) is 0.0281. The Hall–Kier alpha value is -5.93. The molecule has 3 aliphatic carbocycles. The largest absolute Gasteiger partial charge is 0.334 e. The Labute approximate surface area is 821 Å². The third-order valence-corrected chi connectivity index (χ3v) is 38.0. The molecular weight excluding hydrogens is 1630 g/mol. The highest BCUT2D eigenvalue weighted by molar-refractivity contribution is 7.41. The maximum Gasteiger partial charge on any atom is 0.334 e. The van der Waals surface area contributed by atoms with Gasteiger partial charge in [0.05, 0.1) is 34.6 Å². The molecule has 0 aliphatic heterocycles. The predicted octanol–water partition coefficient (Wildman–Crippen LogP) is 39.1. The molecular formula is C129H195O3P. The first kappa shape index (κ1) is 111. The van der Waals surface area contributed by atoms with E-state index in [4.69, 9.17) is 0 Å². The van der Waals surface area contributed by atoms with Crippen LogP contribution in [0.1, 0.15) is 524 Å². The van der Waals surface area contributed by atoms with Gasteiger partial charge in [-0.3, -0.25) is 0 Å². The van der Waals surface area contributed by atoms with Crippen LogP contribution in [0.5, 0.6) is 0 Å². The Morgan fingerprint density at radius 1 is 0.226 bits per heavy atom. The van der Waals surface area contributed by atoms with Crippen LogP contribution in [0.15, 0.2) is 164 Å². The monoisotopic (exact) mass is 1820 g/mol. The van der Waals surface area contributed by atoms with Crippen molar-refractivity contribution in [2.24, 2.45) is 0 Å². The average Bonchev–Trinajstić information content (AvgIpc) is 0.717. The van der Waals surface area contributed by atoms with Crippen LogP contribution in [0.4, 0.5) is 0 Å². The summed E-state index contributed by atoms with van der Waals surface area (Å²) in [6, 6.07) is 46.9. The minimum atomic E-state index is -2.51. The first-order valence-corrected chi connectivity index (χ1v) is 55.2. The van der Waals surface area contributed by atoms with Crippen molar-refractivity contribution in [3.63, 3.8) is 0 Å². The van der Waals surface area contributed by atoms with Gasteiger partial charge in [0.2, 0.25) is 0 Å². The first-order valence-electron chi connectivity index (χ1n) is 54.1. The molecule has 734 valence electrons. The second-order valence-corrected chi connectivity index (χ2v) is 50.5. The van der Waals surface area contributed by atoms with Crippen molar-refractivity contribution in [2.75, 3.05) is 0 Å². The highest BCUT2D eigenvalue weighted by atomic mass is 31.2. The summed E-state index contributed by atoms with van der Waals surface area (Å²) < 4.78 is 27.9. The molecule has 6 aromatic carbocycles. The van der Waals surface area contributed by atoms with Gasteiger partial charge in [0.25, 0.3) is 0 Å². The fourth-order valence-corrected chi connectivity index (χ4v) is 22.8. The van der Waals surface area contributed by atoms with Crippen molar-refractivity contribution in [3.05, 3.63) is 264 Å². The summed E-state index contributed by atoms with van der Waals surface area (Å²) in [5.41, 5.74) is 24.6. The third-order valence-electron chi connectivity index (χ3n) is 36.8. The summed E-state index contributed by atoms with van der Waals surface area (Å²) in [6.45, 7) is 95.9. The second kappa shape index (κ2) is 43.4. The van der Waals surface area contributed by atoms with Gasteiger partial charge >= 0.3 is 8.60 Å². The smallest absolute Gasteiger partial charge is 0.303 e. The van der Waals surface area contributed by atoms with Crippen LogP contribution in [-0.4, -0.2) is 18.3 Å². The first-order chi connectivity index (χ1) is 62.2. The van der Waals surface area contributed by atoms with Crippen molar-refractivity contribution < 1.29 is 13.6 Å². The van der Waals surface area contributed by atoms with E-state index in [1.54, 1.807) is 0 Å². The molecule has 0 N–H and O–H groups in total. The molecule has 0 heterocycles. The third kappa shape index (κ3) is 22.4.